The molecule has 2 N–H and O–H groups in total. The third-order valence-electron chi connectivity index (χ3n) is 4.68. The van der Waals surface area contributed by atoms with Crippen molar-refractivity contribution in [2.24, 2.45) is 0 Å². The van der Waals surface area contributed by atoms with Crippen molar-refractivity contribution in [3.05, 3.63) is 82.9 Å². The Morgan fingerprint density at radius 2 is 1.35 bits per heavy atom. The number of esters is 1. The second kappa shape index (κ2) is 5.77. The van der Waals surface area contributed by atoms with Crippen molar-refractivity contribution in [2.75, 3.05) is 0 Å². The van der Waals surface area contributed by atoms with Crippen LogP contribution in [-0.2, 0) is 10.3 Å². The first kappa shape index (κ1) is 17.0. The number of ether oxygens (including phenoxy) is 2. The van der Waals surface area contributed by atoms with E-state index >= 15 is 0 Å². The van der Waals surface area contributed by atoms with E-state index in [0.717, 1.165) is 0 Å². The molecule has 26 heavy (non-hydrogen) atoms. The predicted molar refractivity (Wildman–Crippen MR) is 93.8 cm³/mol. The van der Waals surface area contributed by atoms with Gasteiger partial charge >= 0.3 is 5.97 Å². The second-order valence-electron chi connectivity index (χ2n) is 6.08. The molecule has 5 nitrogen and oxygen atoms in total. The summed E-state index contributed by atoms with van der Waals surface area (Å²) in [5.74, 6) is 0.408. The summed E-state index contributed by atoms with van der Waals surface area (Å²) >= 11 is 0. The van der Waals surface area contributed by atoms with Crippen molar-refractivity contribution in [2.45, 2.75) is 5.60 Å². The summed E-state index contributed by atoms with van der Waals surface area (Å²) < 4.78 is 11.8. The summed E-state index contributed by atoms with van der Waals surface area (Å²) in [5, 5.41) is 19.7. The molecular formula is C20H12NaO5. The SMILES string of the molecule is O=C1OC2(c3ccc(O)cc3Oc3cc(O)ccc32)c2ccccc21.[Na]. The maximum atomic E-state index is 12.5. The van der Waals surface area contributed by atoms with E-state index in [1.54, 1.807) is 24.3 Å². The zero-order valence-corrected chi connectivity index (χ0v) is 15.9. The number of carbonyl (C=O) groups is 1. The van der Waals surface area contributed by atoms with Crippen LogP contribution >= 0.6 is 0 Å². The number of hydrogen-bond acceptors (Lipinski definition) is 5. The van der Waals surface area contributed by atoms with E-state index < -0.39 is 11.6 Å². The van der Waals surface area contributed by atoms with Gasteiger partial charge in [0.25, 0.3) is 0 Å². The molecule has 0 atom stereocenters. The summed E-state index contributed by atoms with van der Waals surface area (Å²) in [7, 11) is 0. The van der Waals surface area contributed by atoms with Crippen molar-refractivity contribution in [1.29, 1.82) is 0 Å². The molecule has 123 valence electrons. The molecule has 2 aliphatic heterocycles. The maximum absolute atomic E-state index is 12.5. The van der Waals surface area contributed by atoms with Crippen LogP contribution in [0.15, 0.2) is 60.7 Å². The number of benzene rings is 3. The Bertz CT molecular complexity index is 1010. The first-order valence-electron chi connectivity index (χ1n) is 7.77. The molecular weight excluding hydrogens is 343 g/mol. The van der Waals surface area contributed by atoms with Crippen LogP contribution in [0.3, 0.4) is 0 Å². The molecule has 0 bridgehead atoms. The first-order chi connectivity index (χ1) is 12.1. The summed E-state index contributed by atoms with van der Waals surface area (Å²) in [4.78, 5) is 12.5. The van der Waals surface area contributed by atoms with Gasteiger partial charge in [0.1, 0.15) is 23.0 Å². The number of rotatable bonds is 0. The van der Waals surface area contributed by atoms with E-state index in [4.69, 9.17) is 9.47 Å². The fourth-order valence-electron chi connectivity index (χ4n) is 3.65. The van der Waals surface area contributed by atoms with Gasteiger partial charge in [0.05, 0.1) is 5.56 Å². The van der Waals surface area contributed by atoms with E-state index in [1.165, 1.54) is 24.3 Å². The minimum atomic E-state index is -1.17. The minimum Gasteiger partial charge on any atom is -0.508 e. The molecule has 3 aromatic carbocycles. The third-order valence-corrected chi connectivity index (χ3v) is 4.68. The molecule has 1 radical (unpaired) electrons. The van der Waals surface area contributed by atoms with Crippen molar-refractivity contribution in [3.8, 4) is 23.0 Å². The summed E-state index contributed by atoms with van der Waals surface area (Å²) in [5.41, 5.74) is 1.28. The smallest absolute Gasteiger partial charge is 0.340 e. The number of phenols is 2. The average molecular weight is 355 g/mol. The molecule has 0 aliphatic carbocycles. The van der Waals surface area contributed by atoms with Crippen molar-refractivity contribution < 1.29 is 24.5 Å². The van der Waals surface area contributed by atoms with Gasteiger partial charge < -0.3 is 19.7 Å². The molecule has 2 heterocycles. The van der Waals surface area contributed by atoms with E-state index in [1.807, 2.05) is 12.1 Å². The average Bonchev–Trinajstić information content (AvgIpc) is 2.88. The first-order valence-corrected chi connectivity index (χ1v) is 7.77. The molecule has 3 aromatic rings. The van der Waals surface area contributed by atoms with Crippen LogP contribution in [0.2, 0.25) is 0 Å². The second-order valence-corrected chi connectivity index (χ2v) is 6.08. The van der Waals surface area contributed by atoms with Crippen LogP contribution < -0.4 is 4.74 Å². The molecule has 0 unspecified atom stereocenters. The van der Waals surface area contributed by atoms with Crippen LogP contribution in [-0.4, -0.2) is 45.7 Å². The summed E-state index contributed by atoms with van der Waals surface area (Å²) in [6, 6.07) is 16.6. The van der Waals surface area contributed by atoms with Crippen LogP contribution in [0, 0.1) is 0 Å². The predicted octanol–water partition coefficient (Wildman–Crippen LogP) is 3.29. The van der Waals surface area contributed by atoms with E-state index in [2.05, 4.69) is 0 Å². The molecule has 0 saturated carbocycles. The van der Waals surface area contributed by atoms with Gasteiger partial charge in [-0.2, -0.15) is 0 Å². The monoisotopic (exact) mass is 355 g/mol. The van der Waals surface area contributed by atoms with Gasteiger partial charge in [-0.15, -0.1) is 0 Å². The fourth-order valence-corrected chi connectivity index (χ4v) is 3.65. The van der Waals surface area contributed by atoms with Gasteiger partial charge in [-0.05, 0) is 30.3 Å². The Morgan fingerprint density at radius 3 is 1.96 bits per heavy atom. The normalized spacial score (nSPS) is 15.2. The summed E-state index contributed by atoms with van der Waals surface area (Å²) in [6.07, 6.45) is 0. The van der Waals surface area contributed by atoms with Gasteiger partial charge in [0, 0.05) is 58.4 Å². The maximum Gasteiger partial charge on any atom is 0.340 e. The molecule has 5 rings (SSSR count). The standard InChI is InChI=1S/C20H12O5.Na/c21-11-5-7-15-17(9-11)24-18-10-12(22)6-8-16(18)20(15)14-4-2-1-3-13(14)19(23)25-20;/h1-10,21-22H;. The van der Waals surface area contributed by atoms with Crippen LogP contribution in [0.1, 0.15) is 27.0 Å². The Morgan fingerprint density at radius 1 is 0.769 bits per heavy atom. The molecule has 0 aromatic heterocycles. The van der Waals surface area contributed by atoms with Gasteiger partial charge in [-0.3, -0.25) is 0 Å². The largest absolute Gasteiger partial charge is 0.508 e. The molecule has 1 spiro atoms. The van der Waals surface area contributed by atoms with Gasteiger partial charge in [-0.25, -0.2) is 4.79 Å². The molecule has 6 heteroatoms. The molecule has 2 aliphatic rings. The number of hydrogen-bond donors (Lipinski definition) is 2. The number of carbonyl (C=O) groups excluding carboxylic acids is 1. The zero-order chi connectivity index (χ0) is 17.2. The van der Waals surface area contributed by atoms with E-state index in [9.17, 15) is 15.0 Å². The third kappa shape index (κ3) is 2.11. The quantitative estimate of drug-likeness (QED) is 0.478. The van der Waals surface area contributed by atoms with Crippen molar-refractivity contribution in [3.63, 3.8) is 0 Å². The van der Waals surface area contributed by atoms with Gasteiger partial charge in [0.2, 0.25) is 0 Å². The Hall–Kier alpha value is -2.47. The topological polar surface area (TPSA) is 76.0 Å². The number of fused-ring (bicyclic) bond motifs is 6. The van der Waals surface area contributed by atoms with Crippen LogP contribution in [0.25, 0.3) is 0 Å². The van der Waals surface area contributed by atoms with E-state index in [0.29, 0.717) is 33.8 Å². The molecule has 0 fully saturated rings. The van der Waals surface area contributed by atoms with Crippen molar-refractivity contribution >= 4 is 35.5 Å². The van der Waals surface area contributed by atoms with Crippen LogP contribution in [0.5, 0.6) is 23.0 Å². The Kier molecular flexibility index (Phi) is 3.77. The van der Waals surface area contributed by atoms with Gasteiger partial charge in [-0.1, -0.05) is 18.2 Å². The Labute approximate surface area is 171 Å². The Balaban J connectivity index is 0.00000168. The zero-order valence-electron chi connectivity index (χ0n) is 13.9. The summed E-state index contributed by atoms with van der Waals surface area (Å²) in [6.45, 7) is 0. The van der Waals surface area contributed by atoms with E-state index in [-0.39, 0.29) is 41.1 Å². The number of aromatic hydroxyl groups is 2. The molecule has 0 saturated heterocycles. The minimum absolute atomic E-state index is 0. The molecule has 0 amide bonds. The van der Waals surface area contributed by atoms with Crippen LogP contribution in [0.4, 0.5) is 0 Å². The number of phenolic OH excluding ortho intramolecular Hbond substituents is 2. The fraction of sp³-hybridized carbons (Fsp3) is 0.0500. The van der Waals surface area contributed by atoms with Crippen molar-refractivity contribution in [1.82, 2.24) is 0 Å². The van der Waals surface area contributed by atoms with Gasteiger partial charge in [0.15, 0.2) is 5.60 Å².